The number of Topliss-reactive ketones (excluding diaryl/α,β-unsaturated/α-hetero) is 1. The topological polar surface area (TPSA) is 75.4 Å². The van der Waals surface area contributed by atoms with Gasteiger partial charge in [0.2, 0.25) is 11.7 Å². The van der Waals surface area contributed by atoms with Gasteiger partial charge in [0.1, 0.15) is 5.52 Å². The maximum absolute atomic E-state index is 12.1. The lowest BCUT2D eigenvalue weighted by molar-refractivity contribution is -0.104. The van der Waals surface area contributed by atoms with Crippen molar-refractivity contribution in [1.29, 1.82) is 0 Å². The normalized spacial score (nSPS) is 11.1. The quantitative estimate of drug-likeness (QED) is 0.225. The fourth-order valence-corrected chi connectivity index (χ4v) is 3.22. The SMILES string of the molecule is CN(C)CCCCCCNc1cc(C(=O)C=O)c2oc(-c3ccccc3)nc2c1. The van der Waals surface area contributed by atoms with Crippen molar-refractivity contribution in [2.45, 2.75) is 25.7 Å². The number of fused-ring (bicyclic) bond motifs is 1. The number of hydrogen-bond acceptors (Lipinski definition) is 6. The van der Waals surface area contributed by atoms with E-state index in [-0.39, 0.29) is 5.56 Å². The average molecular weight is 393 g/mol. The minimum Gasteiger partial charge on any atom is -0.435 e. The second kappa shape index (κ2) is 9.98. The van der Waals surface area contributed by atoms with E-state index in [2.05, 4.69) is 29.3 Å². The molecule has 0 saturated heterocycles. The van der Waals surface area contributed by atoms with E-state index < -0.39 is 5.78 Å². The number of ketones is 1. The highest BCUT2D eigenvalue weighted by Gasteiger charge is 2.18. The first-order valence-electron chi connectivity index (χ1n) is 9.96. The summed E-state index contributed by atoms with van der Waals surface area (Å²) in [6.45, 7) is 1.91. The molecule has 0 unspecified atom stereocenters. The summed E-state index contributed by atoms with van der Waals surface area (Å²) in [5.74, 6) is -0.184. The Hall–Kier alpha value is -2.99. The number of nitrogens with one attached hydrogen (secondary N) is 1. The third kappa shape index (κ3) is 5.51. The first-order valence-corrected chi connectivity index (χ1v) is 9.96. The third-order valence-electron chi connectivity index (χ3n) is 4.74. The summed E-state index contributed by atoms with van der Waals surface area (Å²) in [6, 6.07) is 13.0. The van der Waals surface area contributed by atoms with Crippen molar-refractivity contribution in [3.05, 3.63) is 48.0 Å². The van der Waals surface area contributed by atoms with Gasteiger partial charge < -0.3 is 14.6 Å². The van der Waals surface area contributed by atoms with Gasteiger partial charge >= 0.3 is 0 Å². The number of hydrogen-bond donors (Lipinski definition) is 1. The molecule has 1 aromatic heterocycles. The number of aldehydes is 1. The van der Waals surface area contributed by atoms with Gasteiger partial charge in [-0.3, -0.25) is 9.59 Å². The minimum atomic E-state index is -0.613. The Morgan fingerprint density at radius 1 is 1.10 bits per heavy atom. The Morgan fingerprint density at radius 2 is 1.86 bits per heavy atom. The Morgan fingerprint density at radius 3 is 2.59 bits per heavy atom. The van der Waals surface area contributed by atoms with Crippen LogP contribution < -0.4 is 5.32 Å². The van der Waals surface area contributed by atoms with Crippen LogP contribution in [0.4, 0.5) is 5.69 Å². The highest BCUT2D eigenvalue weighted by molar-refractivity contribution is 6.36. The zero-order valence-electron chi connectivity index (χ0n) is 17.0. The Labute approximate surface area is 170 Å². The van der Waals surface area contributed by atoms with E-state index >= 15 is 0 Å². The molecule has 0 aliphatic heterocycles. The van der Waals surface area contributed by atoms with E-state index in [1.54, 1.807) is 6.07 Å². The molecule has 2 aromatic carbocycles. The summed E-state index contributed by atoms with van der Waals surface area (Å²) in [7, 11) is 4.17. The van der Waals surface area contributed by atoms with E-state index in [1.807, 2.05) is 36.4 Å². The molecule has 29 heavy (non-hydrogen) atoms. The molecule has 6 heteroatoms. The fraction of sp³-hybridized carbons (Fsp3) is 0.348. The number of aromatic nitrogens is 1. The molecule has 6 nitrogen and oxygen atoms in total. The molecule has 3 rings (SSSR count). The van der Waals surface area contributed by atoms with Crippen LogP contribution in [0.5, 0.6) is 0 Å². The van der Waals surface area contributed by atoms with Crippen LogP contribution >= 0.6 is 0 Å². The van der Waals surface area contributed by atoms with Crippen molar-refractivity contribution in [2.75, 3.05) is 32.5 Å². The molecular weight excluding hydrogens is 366 g/mol. The van der Waals surface area contributed by atoms with Gasteiger partial charge in [0, 0.05) is 17.8 Å². The maximum Gasteiger partial charge on any atom is 0.229 e. The Bertz CT molecular complexity index is 964. The van der Waals surface area contributed by atoms with Crippen LogP contribution in [-0.4, -0.2) is 49.1 Å². The molecule has 152 valence electrons. The van der Waals surface area contributed by atoms with Crippen LogP contribution in [0.1, 0.15) is 36.0 Å². The molecule has 0 radical (unpaired) electrons. The van der Waals surface area contributed by atoms with Gasteiger partial charge in [0.05, 0.1) is 5.56 Å². The molecule has 0 atom stereocenters. The van der Waals surface area contributed by atoms with Gasteiger partial charge in [0.25, 0.3) is 0 Å². The van der Waals surface area contributed by atoms with Crippen molar-refractivity contribution in [1.82, 2.24) is 9.88 Å². The molecule has 0 spiro atoms. The second-order valence-corrected chi connectivity index (χ2v) is 7.38. The van der Waals surface area contributed by atoms with Crippen LogP contribution in [0.3, 0.4) is 0 Å². The van der Waals surface area contributed by atoms with Crippen LogP contribution in [-0.2, 0) is 4.79 Å². The number of unbranched alkanes of at least 4 members (excludes halogenated alkanes) is 3. The van der Waals surface area contributed by atoms with Crippen molar-refractivity contribution in [3.63, 3.8) is 0 Å². The summed E-state index contributed by atoms with van der Waals surface area (Å²) in [5, 5.41) is 3.34. The second-order valence-electron chi connectivity index (χ2n) is 7.38. The third-order valence-corrected chi connectivity index (χ3v) is 4.74. The zero-order valence-corrected chi connectivity index (χ0v) is 17.0. The Balaban J connectivity index is 1.73. The van der Waals surface area contributed by atoms with Gasteiger partial charge in [-0.15, -0.1) is 0 Å². The van der Waals surface area contributed by atoms with Crippen molar-refractivity contribution in [3.8, 4) is 11.5 Å². The summed E-state index contributed by atoms with van der Waals surface area (Å²) < 4.78 is 5.83. The number of rotatable bonds is 11. The van der Waals surface area contributed by atoms with E-state index in [0.717, 1.165) is 37.2 Å². The van der Waals surface area contributed by atoms with Gasteiger partial charge in [-0.25, -0.2) is 4.98 Å². The smallest absolute Gasteiger partial charge is 0.229 e. The molecule has 0 fully saturated rings. The number of carbonyl (C=O) groups excluding carboxylic acids is 2. The van der Waals surface area contributed by atoms with Crippen LogP contribution in [0, 0.1) is 0 Å². The van der Waals surface area contributed by atoms with Crippen LogP contribution in [0.2, 0.25) is 0 Å². The highest BCUT2D eigenvalue weighted by Crippen LogP contribution is 2.29. The monoisotopic (exact) mass is 393 g/mol. The number of carbonyl (C=O) groups is 2. The van der Waals surface area contributed by atoms with Gasteiger partial charge in [-0.1, -0.05) is 31.0 Å². The molecular formula is C23H27N3O3. The summed E-state index contributed by atoms with van der Waals surface area (Å²) in [5.41, 5.74) is 2.73. The molecule has 0 amide bonds. The zero-order chi connectivity index (χ0) is 20.6. The molecule has 0 aliphatic carbocycles. The van der Waals surface area contributed by atoms with E-state index in [1.165, 1.54) is 12.8 Å². The fourth-order valence-electron chi connectivity index (χ4n) is 3.22. The number of benzene rings is 2. The predicted octanol–water partition coefficient (Wildman–Crippen LogP) is 4.41. The number of anilines is 1. The lowest BCUT2D eigenvalue weighted by atomic mass is 10.1. The van der Waals surface area contributed by atoms with E-state index in [0.29, 0.717) is 23.3 Å². The van der Waals surface area contributed by atoms with Gasteiger partial charge in [-0.2, -0.15) is 0 Å². The average Bonchev–Trinajstić information content (AvgIpc) is 3.16. The summed E-state index contributed by atoms with van der Waals surface area (Å²) in [4.78, 5) is 30.0. The van der Waals surface area contributed by atoms with Crippen molar-refractivity contribution < 1.29 is 14.0 Å². The lowest BCUT2D eigenvalue weighted by Gasteiger charge is -2.09. The molecule has 0 aliphatic rings. The molecule has 0 bridgehead atoms. The largest absolute Gasteiger partial charge is 0.435 e. The number of nitrogens with zero attached hydrogens (tertiary/aromatic N) is 2. The Kier molecular flexibility index (Phi) is 7.14. The summed E-state index contributed by atoms with van der Waals surface area (Å²) >= 11 is 0. The minimum absolute atomic E-state index is 0.237. The van der Waals surface area contributed by atoms with Crippen molar-refractivity contribution >= 4 is 28.9 Å². The predicted molar refractivity (Wildman–Crippen MR) is 115 cm³/mol. The van der Waals surface area contributed by atoms with Gasteiger partial charge in [-0.05, 0) is 57.7 Å². The standard InChI is InChI=1S/C23H27N3O3/c1-26(2)13-9-4-3-8-12-24-18-14-19(21(28)16-27)22-20(15-18)25-23(29-22)17-10-6-5-7-11-17/h5-7,10-11,14-16,24H,3-4,8-9,12-13H2,1-2H3. The highest BCUT2D eigenvalue weighted by atomic mass is 16.3. The van der Waals surface area contributed by atoms with Crippen LogP contribution in [0.15, 0.2) is 46.9 Å². The molecule has 0 saturated carbocycles. The first kappa shape index (κ1) is 20.7. The van der Waals surface area contributed by atoms with Crippen molar-refractivity contribution in [2.24, 2.45) is 0 Å². The molecule has 1 N–H and O–H groups in total. The summed E-state index contributed by atoms with van der Waals surface area (Å²) in [6.07, 6.45) is 4.88. The van der Waals surface area contributed by atoms with Gasteiger partial charge in [0.15, 0.2) is 11.9 Å². The molecule has 3 aromatic rings. The van der Waals surface area contributed by atoms with Crippen LogP contribution in [0.25, 0.3) is 22.6 Å². The lowest BCUT2D eigenvalue weighted by Crippen LogP contribution is -2.12. The maximum atomic E-state index is 12.1. The number of oxazole rings is 1. The van der Waals surface area contributed by atoms with E-state index in [9.17, 15) is 9.59 Å². The van der Waals surface area contributed by atoms with E-state index in [4.69, 9.17) is 4.42 Å². The molecule has 1 heterocycles. The first-order chi connectivity index (χ1) is 14.1.